The van der Waals surface area contributed by atoms with Crippen LogP contribution in [0.1, 0.15) is 29.6 Å². The molecule has 1 N–H and O–H groups in total. The van der Waals surface area contributed by atoms with Gasteiger partial charge in [-0.1, -0.05) is 0 Å². The summed E-state index contributed by atoms with van der Waals surface area (Å²) in [5.41, 5.74) is 0.453. The van der Waals surface area contributed by atoms with E-state index in [1.165, 1.54) is 37.1 Å². The van der Waals surface area contributed by atoms with Gasteiger partial charge in [-0.05, 0) is 49.0 Å². The Labute approximate surface area is 172 Å². The van der Waals surface area contributed by atoms with Crippen LogP contribution in [0.5, 0.6) is 5.75 Å². The SMILES string of the molecule is COc1ccc(C(=O)N2CCCCC2)c(NS(=O)(=O)c2nccc3sncc23)c1. The van der Waals surface area contributed by atoms with Gasteiger partial charge in [0, 0.05) is 25.4 Å². The van der Waals surface area contributed by atoms with Crippen molar-refractivity contribution in [2.75, 3.05) is 24.9 Å². The number of amides is 1. The number of fused-ring (bicyclic) bond motifs is 1. The van der Waals surface area contributed by atoms with Crippen LogP contribution < -0.4 is 9.46 Å². The number of aromatic nitrogens is 2. The van der Waals surface area contributed by atoms with Gasteiger partial charge < -0.3 is 9.64 Å². The largest absolute Gasteiger partial charge is 0.497 e. The zero-order valence-corrected chi connectivity index (χ0v) is 17.4. The highest BCUT2D eigenvalue weighted by molar-refractivity contribution is 7.92. The van der Waals surface area contributed by atoms with Crippen LogP contribution in [0.2, 0.25) is 0 Å². The number of hydrogen-bond donors (Lipinski definition) is 1. The molecule has 3 aromatic rings. The fourth-order valence-corrected chi connectivity index (χ4v) is 5.28. The second kappa shape index (κ2) is 7.96. The number of nitrogens with zero attached hydrogens (tertiary/aromatic N) is 3. The van der Waals surface area contributed by atoms with Crippen molar-refractivity contribution in [2.45, 2.75) is 24.3 Å². The molecule has 1 aliphatic heterocycles. The van der Waals surface area contributed by atoms with E-state index >= 15 is 0 Å². The third-order valence-electron chi connectivity index (χ3n) is 4.85. The average Bonchev–Trinajstić information content (AvgIpc) is 3.22. The van der Waals surface area contributed by atoms with E-state index in [4.69, 9.17) is 4.74 Å². The summed E-state index contributed by atoms with van der Waals surface area (Å²) in [7, 11) is -2.56. The summed E-state index contributed by atoms with van der Waals surface area (Å²) in [6.45, 7) is 1.33. The molecule has 0 saturated carbocycles. The van der Waals surface area contributed by atoms with Gasteiger partial charge in [0.1, 0.15) is 5.75 Å². The maximum Gasteiger partial charge on any atom is 0.280 e. The Kier molecular flexibility index (Phi) is 5.37. The molecule has 0 aliphatic carbocycles. The zero-order valence-electron chi connectivity index (χ0n) is 15.8. The number of sulfonamides is 1. The Hall–Kier alpha value is -2.72. The second-order valence-corrected chi connectivity index (χ2v) is 9.15. The molecule has 8 nitrogen and oxygen atoms in total. The molecule has 0 atom stereocenters. The van der Waals surface area contributed by atoms with Gasteiger partial charge >= 0.3 is 0 Å². The Bertz CT molecular complexity index is 1150. The Morgan fingerprint density at radius 1 is 1.21 bits per heavy atom. The van der Waals surface area contributed by atoms with E-state index in [1.54, 1.807) is 23.1 Å². The molecule has 1 amide bonds. The van der Waals surface area contributed by atoms with Gasteiger partial charge in [0.2, 0.25) is 0 Å². The summed E-state index contributed by atoms with van der Waals surface area (Å²) < 4.78 is 38.7. The molecule has 152 valence electrons. The van der Waals surface area contributed by atoms with E-state index in [9.17, 15) is 13.2 Å². The fraction of sp³-hybridized carbons (Fsp3) is 0.316. The van der Waals surface area contributed by atoms with Crippen LogP contribution in [-0.2, 0) is 10.0 Å². The predicted octanol–water partition coefficient (Wildman–Crippen LogP) is 3.13. The lowest BCUT2D eigenvalue weighted by Crippen LogP contribution is -2.36. The van der Waals surface area contributed by atoms with Gasteiger partial charge in [-0.25, -0.2) is 4.98 Å². The molecular weight excluding hydrogens is 412 g/mol. The van der Waals surface area contributed by atoms with E-state index in [1.807, 2.05) is 0 Å². The van der Waals surface area contributed by atoms with Gasteiger partial charge in [0.15, 0.2) is 5.03 Å². The molecule has 0 bridgehead atoms. The number of carbonyl (C=O) groups is 1. The molecule has 1 fully saturated rings. The van der Waals surface area contributed by atoms with Crippen LogP contribution in [0.15, 0.2) is 41.7 Å². The molecule has 4 rings (SSSR count). The number of carbonyl (C=O) groups excluding carboxylic acids is 1. The first-order valence-electron chi connectivity index (χ1n) is 9.19. The van der Waals surface area contributed by atoms with Gasteiger partial charge in [0.05, 0.1) is 34.6 Å². The predicted molar refractivity (Wildman–Crippen MR) is 111 cm³/mol. The van der Waals surface area contributed by atoms with Crippen molar-refractivity contribution in [3.8, 4) is 5.75 Å². The normalized spacial score (nSPS) is 14.7. The van der Waals surface area contributed by atoms with E-state index in [0.717, 1.165) is 24.0 Å². The van der Waals surface area contributed by atoms with Gasteiger partial charge in [-0.3, -0.25) is 9.52 Å². The molecular formula is C19H20N4O4S2. The lowest BCUT2D eigenvalue weighted by atomic mass is 10.1. The second-order valence-electron chi connectivity index (χ2n) is 6.72. The number of methoxy groups -OCH3 is 1. The number of benzene rings is 1. The molecule has 0 radical (unpaired) electrons. The van der Waals surface area contributed by atoms with Crippen LogP contribution in [0.25, 0.3) is 10.1 Å². The van der Waals surface area contributed by atoms with E-state index in [0.29, 0.717) is 24.2 Å². The smallest absolute Gasteiger partial charge is 0.280 e. The molecule has 1 saturated heterocycles. The highest BCUT2D eigenvalue weighted by Gasteiger charge is 2.26. The van der Waals surface area contributed by atoms with Gasteiger partial charge in [-0.15, -0.1) is 0 Å². The number of hydrogen-bond acceptors (Lipinski definition) is 7. The first-order valence-corrected chi connectivity index (χ1v) is 11.4. The number of rotatable bonds is 5. The van der Waals surface area contributed by atoms with Crippen molar-refractivity contribution in [1.29, 1.82) is 0 Å². The van der Waals surface area contributed by atoms with Crippen molar-refractivity contribution >= 4 is 43.2 Å². The highest BCUT2D eigenvalue weighted by Crippen LogP contribution is 2.29. The number of nitrogens with one attached hydrogen (secondary N) is 1. The first kappa shape index (κ1) is 19.6. The summed E-state index contributed by atoms with van der Waals surface area (Å²) >= 11 is 1.19. The molecule has 10 heteroatoms. The van der Waals surface area contributed by atoms with Crippen LogP contribution in [0.4, 0.5) is 5.69 Å². The van der Waals surface area contributed by atoms with E-state index < -0.39 is 10.0 Å². The topological polar surface area (TPSA) is 101 Å². The fourth-order valence-electron chi connectivity index (χ4n) is 3.37. The quantitative estimate of drug-likeness (QED) is 0.665. The van der Waals surface area contributed by atoms with E-state index in [-0.39, 0.29) is 22.2 Å². The molecule has 1 aromatic carbocycles. The van der Waals surface area contributed by atoms with Crippen LogP contribution >= 0.6 is 11.5 Å². The summed E-state index contributed by atoms with van der Waals surface area (Å²) in [6.07, 6.45) is 5.89. The van der Waals surface area contributed by atoms with Crippen molar-refractivity contribution in [3.63, 3.8) is 0 Å². The maximum absolute atomic E-state index is 13.1. The minimum absolute atomic E-state index is 0.122. The molecule has 29 heavy (non-hydrogen) atoms. The van der Waals surface area contributed by atoms with Crippen molar-refractivity contribution < 1.29 is 17.9 Å². The third-order valence-corrected chi connectivity index (χ3v) is 6.93. The molecule has 1 aliphatic rings. The number of piperidine rings is 1. The number of ether oxygens (including phenoxy) is 1. The van der Waals surface area contributed by atoms with Crippen LogP contribution in [0, 0.1) is 0 Å². The summed E-state index contributed by atoms with van der Waals surface area (Å²) in [5.74, 6) is 0.245. The van der Waals surface area contributed by atoms with Gasteiger partial charge in [-0.2, -0.15) is 12.8 Å². The first-order chi connectivity index (χ1) is 14.0. The number of likely N-dealkylation sites (tertiary alicyclic amines) is 1. The Morgan fingerprint density at radius 3 is 2.76 bits per heavy atom. The minimum atomic E-state index is -4.04. The monoisotopic (exact) mass is 432 g/mol. The standard InChI is InChI=1S/C19H20N4O4S2/c1-27-13-5-6-14(19(24)23-9-3-2-4-10-23)16(11-13)22-29(25,26)18-15-12-21-28-17(15)7-8-20-18/h5-8,11-12,22H,2-4,9-10H2,1H3. The zero-order chi connectivity index (χ0) is 20.4. The molecule has 0 spiro atoms. The Morgan fingerprint density at radius 2 is 2.00 bits per heavy atom. The molecule has 3 heterocycles. The lowest BCUT2D eigenvalue weighted by Gasteiger charge is -2.27. The number of anilines is 1. The third kappa shape index (κ3) is 3.90. The molecule has 0 unspecified atom stereocenters. The van der Waals surface area contributed by atoms with Crippen molar-refractivity contribution in [1.82, 2.24) is 14.3 Å². The number of pyridine rings is 1. The maximum atomic E-state index is 13.1. The average molecular weight is 433 g/mol. The van der Waals surface area contributed by atoms with Crippen molar-refractivity contribution in [2.24, 2.45) is 0 Å². The molecule has 2 aromatic heterocycles. The van der Waals surface area contributed by atoms with Crippen LogP contribution in [0.3, 0.4) is 0 Å². The summed E-state index contributed by atoms with van der Waals surface area (Å²) in [6, 6.07) is 6.47. The lowest BCUT2D eigenvalue weighted by molar-refractivity contribution is 0.0725. The van der Waals surface area contributed by atoms with Gasteiger partial charge in [0.25, 0.3) is 15.9 Å². The summed E-state index contributed by atoms with van der Waals surface area (Å²) in [5, 5.41) is 0.319. The Balaban J connectivity index is 1.73. The van der Waals surface area contributed by atoms with E-state index in [2.05, 4.69) is 14.1 Å². The summed E-state index contributed by atoms with van der Waals surface area (Å²) in [4.78, 5) is 18.8. The minimum Gasteiger partial charge on any atom is -0.497 e. The van der Waals surface area contributed by atoms with Crippen LogP contribution in [-0.4, -0.2) is 48.8 Å². The highest BCUT2D eigenvalue weighted by atomic mass is 32.2. The van der Waals surface area contributed by atoms with Crippen molar-refractivity contribution in [3.05, 3.63) is 42.2 Å².